The summed E-state index contributed by atoms with van der Waals surface area (Å²) in [5, 5.41) is 0. The highest BCUT2D eigenvalue weighted by molar-refractivity contribution is 5.78. The maximum Gasteiger partial charge on any atom is 0.143 e. The van der Waals surface area contributed by atoms with Gasteiger partial charge in [-0.05, 0) is 36.2 Å². The molecule has 19 heavy (non-hydrogen) atoms. The Hall–Kier alpha value is -2.16. The molecule has 0 aliphatic rings. The van der Waals surface area contributed by atoms with E-state index in [-0.39, 0.29) is 0 Å². The summed E-state index contributed by atoms with van der Waals surface area (Å²) in [4.78, 5) is 2.07. The van der Waals surface area contributed by atoms with E-state index in [4.69, 9.17) is 10.5 Å². The second-order valence-corrected chi connectivity index (χ2v) is 4.47. The largest absolute Gasteiger partial charge is 0.495 e. The normalized spacial score (nSPS) is 10.3. The average molecular weight is 256 g/mol. The predicted molar refractivity (Wildman–Crippen MR) is 81.3 cm³/mol. The molecule has 0 saturated carbocycles. The molecule has 3 heteroatoms. The SMILES string of the molecule is CCc1ccc(N(C)c2cccc(OC)c2N)cc1. The zero-order chi connectivity index (χ0) is 13.8. The number of hydrogen-bond donors (Lipinski definition) is 1. The Morgan fingerprint density at radius 2 is 1.79 bits per heavy atom. The molecule has 0 unspecified atom stereocenters. The molecular formula is C16H20N2O. The van der Waals surface area contributed by atoms with Crippen LogP contribution in [0.1, 0.15) is 12.5 Å². The van der Waals surface area contributed by atoms with Gasteiger partial charge in [0.25, 0.3) is 0 Å². The van der Waals surface area contributed by atoms with Crippen LogP contribution in [0.4, 0.5) is 17.1 Å². The monoisotopic (exact) mass is 256 g/mol. The molecule has 0 radical (unpaired) electrons. The van der Waals surface area contributed by atoms with Gasteiger partial charge in [0.05, 0.1) is 18.5 Å². The summed E-state index contributed by atoms with van der Waals surface area (Å²) < 4.78 is 5.26. The van der Waals surface area contributed by atoms with Gasteiger partial charge in [-0.1, -0.05) is 25.1 Å². The Morgan fingerprint density at radius 1 is 1.11 bits per heavy atom. The van der Waals surface area contributed by atoms with Crippen molar-refractivity contribution in [2.45, 2.75) is 13.3 Å². The van der Waals surface area contributed by atoms with Crippen LogP contribution in [0.15, 0.2) is 42.5 Å². The van der Waals surface area contributed by atoms with Crippen molar-refractivity contribution in [1.29, 1.82) is 0 Å². The Morgan fingerprint density at radius 3 is 2.37 bits per heavy atom. The minimum absolute atomic E-state index is 0.659. The van der Waals surface area contributed by atoms with Crippen molar-refractivity contribution in [2.24, 2.45) is 0 Å². The first-order valence-corrected chi connectivity index (χ1v) is 6.42. The predicted octanol–water partition coefficient (Wildman–Crippen LogP) is 3.61. The quantitative estimate of drug-likeness (QED) is 0.849. The van der Waals surface area contributed by atoms with Crippen molar-refractivity contribution in [3.63, 3.8) is 0 Å². The van der Waals surface area contributed by atoms with Gasteiger partial charge in [-0.2, -0.15) is 0 Å². The van der Waals surface area contributed by atoms with Crippen LogP contribution in [0.25, 0.3) is 0 Å². The number of benzene rings is 2. The Kier molecular flexibility index (Phi) is 3.95. The second-order valence-electron chi connectivity index (χ2n) is 4.47. The van der Waals surface area contributed by atoms with Gasteiger partial charge in [-0.15, -0.1) is 0 Å². The number of nitrogen functional groups attached to an aromatic ring is 1. The molecule has 100 valence electrons. The number of methoxy groups -OCH3 is 1. The van der Waals surface area contributed by atoms with Crippen molar-refractivity contribution in [1.82, 2.24) is 0 Å². The number of anilines is 3. The Balaban J connectivity index is 2.35. The number of rotatable bonds is 4. The van der Waals surface area contributed by atoms with E-state index in [0.29, 0.717) is 11.4 Å². The lowest BCUT2D eigenvalue weighted by molar-refractivity contribution is 0.417. The van der Waals surface area contributed by atoms with Crippen LogP contribution in [0.3, 0.4) is 0 Å². The summed E-state index contributed by atoms with van der Waals surface area (Å²) in [7, 11) is 3.64. The first kappa shape index (κ1) is 13.3. The fraction of sp³-hybridized carbons (Fsp3) is 0.250. The number of hydrogen-bond acceptors (Lipinski definition) is 3. The van der Waals surface area contributed by atoms with Crippen molar-refractivity contribution in [2.75, 3.05) is 24.8 Å². The average Bonchev–Trinajstić information content (AvgIpc) is 2.47. The van der Waals surface area contributed by atoms with E-state index >= 15 is 0 Å². The molecule has 2 N–H and O–H groups in total. The summed E-state index contributed by atoms with van der Waals surface area (Å²) in [6, 6.07) is 14.3. The van der Waals surface area contributed by atoms with E-state index in [2.05, 4.69) is 36.1 Å². The lowest BCUT2D eigenvalue weighted by Gasteiger charge is -2.22. The fourth-order valence-corrected chi connectivity index (χ4v) is 2.10. The summed E-state index contributed by atoms with van der Waals surface area (Å²) in [5.41, 5.74) is 10.2. The second kappa shape index (κ2) is 5.65. The van der Waals surface area contributed by atoms with E-state index in [1.807, 2.05) is 25.2 Å². The first-order chi connectivity index (χ1) is 9.17. The van der Waals surface area contributed by atoms with E-state index in [1.54, 1.807) is 7.11 Å². The Labute approximate surface area is 114 Å². The lowest BCUT2D eigenvalue weighted by atomic mass is 10.1. The van der Waals surface area contributed by atoms with Gasteiger partial charge in [0.2, 0.25) is 0 Å². The first-order valence-electron chi connectivity index (χ1n) is 6.42. The zero-order valence-corrected chi connectivity index (χ0v) is 11.7. The minimum atomic E-state index is 0.659. The van der Waals surface area contributed by atoms with E-state index < -0.39 is 0 Å². The lowest BCUT2D eigenvalue weighted by Crippen LogP contribution is -2.12. The van der Waals surface area contributed by atoms with Crippen LogP contribution >= 0.6 is 0 Å². The molecule has 0 heterocycles. The van der Waals surface area contributed by atoms with Gasteiger partial charge in [-0.3, -0.25) is 0 Å². The smallest absolute Gasteiger partial charge is 0.143 e. The van der Waals surface area contributed by atoms with Crippen molar-refractivity contribution < 1.29 is 4.74 Å². The number of para-hydroxylation sites is 1. The van der Waals surface area contributed by atoms with Crippen molar-refractivity contribution >= 4 is 17.1 Å². The fourth-order valence-electron chi connectivity index (χ4n) is 2.10. The maximum absolute atomic E-state index is 6.12. The third-order valence-corrected chi connectivity index (χ3v) is 3.36. The molecule has 0 aliphatic heterocycles. The van der Waals surface area contributed by atoms with Crippen LogP contribution in [0.2, 0.25) is 0 Å². The van der Waals surface area contributed by atoms with E-state index in [1.165, 1.54) is 5.56 Å². The van der Waals surface area contributed by atoms with Gasteiger partial charge >= 0.3 is 0 Å². The summed E-state index contributed by atoms with van der Waals surface area (Å²) in [6.45, 7) is 2.15. The van der Waals surface area contributed by atoms with Crippen LogP contribution in [-0.4, -0.2) is 14.2 Å². The molecule has 2 aromatic rings. The van der Waals surface area contributed by atoms with Crippen LogP contribution in [0.5, 0.6) is 5.75 Å². The van der Waals surface area contributed by atoms with Gasteiger partial charge < -0.3 is 15.4 Å². The third-order valence-electron chi connectivity index (χ3n) is 3.36. The van der Waals surface area contributed by atoms with E-state index in [0.717, 1.165) is 17.8 Å². The van der Waals surface area contributed by atoms with Gasteiger partial charge in [0.15, 0.2) is 0 Å². The van der Waals surface area contributed by atoms with Crippen LogP contribution in [0, 0.1) is 0 Å². The number of nitrogens with two attached hydrogens (primary N) is 1. The molecule has 0 amide bonds. The van der Waals surface area contributed by atoms with Crippen LogP contribution < -0.4 is 15.4 Å². The van der Waals surface area contributed by atoms with Crippen molar-refractivity contribution in [3.8, 4) is 5.75 Å². The molecule has 0 bridgehead atoms. The van der Waals surface area contributed by atoms with Gasteiger partial charge in [0.1, 0.15) is 5.75 Å². The minimum Gasteiger partial charge on any atom is -0.495 e. The molecule has 3 nitrogen and oxygen atoms in total. The standard InChI is InChI=1S/C16H20N2O/c1-4-12-8-10-13(11-9-12)18(2)14-6-5-7-15(19-3)16(14)17/h5-11H,4,17H2,1-3H3. The molecule has 0 spiro atoms. The highest BCUT2D eigenvalue weighted by Crippen LogP contribution is 2.34. The Bertz CT molecular complexity index is 549. The molecule has 0 atom stereocenters. The van der Waals surface area contributed by atoms with Gasteiger partial charge in [-0.25, -0.2) is 0 Å². The third kappa shape index (κ3) is 2.65. The van der Waals surface area contributed by atoms with E-state index in [9.17, 15) is 0 Å². The maximum atomic E-state index is 6.12. The summed E-state index contributed by atoms with van der Waals surface area (Å²) >= 11 is 0. The molecule has 2 aromatic carbocycles. The molecule has 0 saturated heterocycles. The highest BCUT2D eigenvalue weighted by Gasteiger charge is 2.10. The summed E-state index contributed by atoms with van der Waals surface area (Å²) in [6.07, 6.45) is 1.05. The zero-order valence-electron chi connectivity index (χ0n) is 11.7. The number of nitrogens with zero attached hydrogens (tertiary/aromatic N) is 1. The van der Waals surface area contributed by atoms with Crippen LogP contribution in [-0.2, 0) is 6.42 Å². The molecular weight excluding hydrogens is 236 g/mol. The summed E-state index contributed by atoms with van der Waals surface area (Å²) in [5.74, 6) is 0.703. The molecule has 0 fully saturated rings. The van der Waals surface area contributed by atoms with Crippen molar-refractivity contribution in [3.05, 3.63) is 48.0 Å². The van der Waals surface area contributed by atoms with Gasteiger partial charge in [0, 0.05) is 12.7 Å². The topological polar surface area (TPSA) is 38.5 Å². The number of aryl methyl sites for hydroxylation is 1. The molecule has 2 rings (SSSR count). The molecule has 0 aliphatic carbocycles. The molecule has 0 aromatic heterocycles. The number of ether oxygens (including phenoxy) is 1. The highest BCUT2D eigenvalue weighted by atomic mass is 16.5.